The number of nitrogens with zero attached hydrogens (tertiary/aromatic N) is 2. The summed E-state index contributed by atoms with van der Waals surface area (Å²) in [5, 5.41) is 3.25. The van der Waals surface area contributed by atoms with Crippen molar-refractivity contribution in [2.45, 2.75) is 70.4 Å². The van der Waals surface area contributed by atoms with E-state index in [9.17, 15) is 9.59 Å². The molecule has 1 unspecified atom stereocenters. The Morgan fingerprint density at radius 3 is 2.42 bits per heavy atom. The van der Waals surface area contributed by atoms with E-state index >= 15 is 0 Å². The van der Waals surface area contributed by atoms with E-state index in [1.807, 2.05) is 0 Å². The van der Waals surface area contributed by atoms with E-state index < -0.39 is 5.69 Å². The minimum absolute atomic E-state index is 0.115. The van der Waals surface area contributed by atoms with Crippen molar-refractivity contribution in [1.82, 2.24) is 14.5 Å². The lowest BCUT2D eigenvalue weighted by molar-refractivity contribution is 0.0670. The molecule has 0 bridgehead atoms. The minimum atomic E-state index is -0.471. The molecule has 24 heavy (non-hydrogen) atoms. The number of hydrogen-bond donors (Lipinski definition) is 2. The van der Waals surface area contributed by atoms with Crippen LogP contribution in [-0.4, -0.2) is 33.8 Å². The molecule has 0 radical (unpaired) electrons. The summed E-state index contributed by atoms with van der Waals surface area (Å²) in [6, 6.07) is 0.0837. The molecule has 1 saturated heterocycles. The molecule has 0 amide bonds. The van der Waals surface area contributed by atoms with Gasteiger partial charge in [0.2, 0.25) is 5.95 Å². The highest BCUT2D eigenvalue weighted by Gasteiger charge is 2.22. The first-order valence-corrected chi connectivity index (χ1v) is 9.22. The van der Waals surface area contributed by atoms with Gasteiger partial charge in [-0.3, -0.25) is 4.98 Å². The largest absolute Gasteiger partial charge is 0.381 e. The molecule has 1 aliphatic carbocycles. The molecule has 3 rings (SSSR count). The summed E-state index contributed by atoms with van der Waals surface area (Å²) in [5.41, 5.74) is -0.848. The van der Waals surface area contributed by atoms with E-state index in [1.54, 1.807) is 0 Å². The molecule has 2 fully saturated rings. The summed E-state index contributed by atoms with van der Waals surface area (Å²) in [6.45, 7) is 3.27. The van der Waals surface area contributed by atoms with E-state index in [1.165, 1.54) is 43.1 Å². The lowest BCUT2D eigenvalue weighted by atomic mass is 9.93. The Bertz CT molecular complexity index is 609. The van der Waals surface area contributed by atoms with E-state index in [-0.39, 0.29) is 17.8 Å². The summed E-state index contributed by atoms with van der Waals surface area (Å²) in [5.74, 6) is 0.862. The van der Waals surface area contributed by atoms with Gasteiger partial charge in [-0.1, -0.05) is 25.7 Å². The monoisotopic (exact) mass is 336 g/mol. The Morgan fingerprint density at radius 2 is 1.79 bits per heavy atom. The maximum Gasteiger partial charge on any atom is 0.355 e. The fraction of sp³-hybridized carbons (Fsp3) is 0.824. The minimum Gasteiger partial charge on any atom is -0.381 e. The topological polar surface area (TPSA) is 89.0 Å². The Kier molecular flexibility index (Phi) is 5.71. The quantitative estimate of drug-likeness (QED) is 0.822. The zero-order chi connectivity index (χ0) is 16.9. The molecular weight excluding hydrogens is 308 g/mol. The summed E-state index contributed by atoms with van der Waals surface area (Å²) < 4.78 is 6.53. The molecule has 1 aliphatic heterocycles. The SMILES string of the molecule is CC(Nc1nc(=O)n(C2CCOCC2)c(=O)[nH]1)C1CCCCCC1. The molecule has 7 nitrogen and oxygen atoms in total. The summed E-state index contributed by atoms with van der Waals surface area (Å²) in [7, 11) is 0. The number of aromatic nitrogens is 3. The molecule has 1 saturated carbocycles. The second-order valence-electron chi connectivity index (χ2n) is 7.07. The van der Waals surface area contributed by atoms with Gasteiger partial charge in [0.05, 0.1) is 0 Å². The first kappa shape index (κ1) is 17.2. The molecule has 7 heteroatoms. The zero-order valence-electron chi connectivity index (χ0n) is 14.4. The van der Waals surface area contributed by atoms with Crippen LogP contribution in [0.2, 0.25) is 0 Å². The fourth-order valence-electron chi connectivity index (χ4n) is 3.90. The second kappa shape index (κ2) is 7.96. The van der Waals surface area contributed by atoms with Gasteiger partial charge in [0, 0.05) is 25.3 Å². The van der Waals surface area contributed by atoms with Gasteiger partial charge < -0.3 is 10.1 Å². The van der Waals surface area contributed by atoms with Crippen molar-refractivity contribution < 1.29 is 4.74 Å². The van der Waals surface area contributed by atoms with Crippen LogP contribution in [0.1, 0.15) is 64.3 Å². The molecule has 2 heterocycles. The van der Waals surface area contributed by atoms with Gasteiger partial charge in [-0.15, -0.1) is 0 Å². The Labute approximate surface area is 141 Å². The molecule has 1 aromatic rings. The van der Waals surface area contributed by atoms with Gasteiger partial charge in [-0.2, -0.15) is 4.98 Å². The highest BCUT2D eigenvalue weighted by molar-refractivity contribution is 5.23. The fourth-order valence-corrected chi connectivity index (χ4v) is 3.90. The van der Waals surface area contributed by atoms with Crippen LogP contribution in [0.15, 0.2) is 9.59 Å². The van der Waals surface area contributed by atoms with Crippen LogP contribution in [0.25, 0.3) is 0 Å². The Morgan fingerprint density at radius 1 is 1.12 bits per heavy atom. The van der Waals surface area contributed by atoms with Gasteiger partial charge in [0.1, 0.15) is 0 Å². The standard InChI is InChI=1S/C17H28N4O3/c1-12(13-6-4-2-3-5-7-13)18-15-19-16(22)21(17(23)20-15)14-8-10-24-11-9-14/h12-14H,2-11H2,1H3,(H2,18,19,20,22,23). The van der Waals surface area contributed by atoms with Crippen molar-refractivity contribution in [3.05, 3.63) is 21.0 Å². The third kappa shape index (κ3) is 4.06. The number of H-pyrrole nitrogens is 1. The molecule has 134 valence electrons. The first-order valence-electron chi connectivity index (χ1n) is 9.22. The van der Waals surface area contributed by atoms with Crippen molar-refractivity contribution in [2.75, 3.05) is 18.5 Å². The lowest BCUT2D eigenvalue weighted by Gasteiger charge is -2.25. The maximum absolute atomic E-state index is 12.4. The average Bonchev–Trinajstić information content (AvgIpc) is 2.84. The summed E-state index contributed by atoms with van der Waals surface area (Å²) in [4.78, 5) is 31.5. The highest BCUT2D eigenvalue weighted by atomic mass is 16.5. The van der Waals surface area contributed by atoms with Crippen molar-refractivity contribution in [2.24, 2.45) is 5.92 Å². The predicted molar refractivity (Wildman–Crippen MR) is 92.5 cm³/mol. The number of aromatic amines is 1. The number of nitrogens with one attached hydrogen (secondary N) is 2. The normalized spacial score (nSPS) is 22.0. The molecule has 2 N–H and O–H groups in total. The first-order chi connectivity index (χ1) is 11.6. The number of hydrogen-bond acceptors (Lipinski definition) is 5. The van der Waals surface area contributed by atoms with Gasteiger partial charge in [0.15, 0.2) is 0 Å². The number of ether oxygens (including phenoxy) is 1. The van der Waals surface area contributed by atoms with Crippen LogP contribution in [-0.2, 0) is 4.74 Å². The third-order valence-electron chi connectivity index (χ3n) is 5.38. The lowest BCUT2D eigenvalue weighted by Crippen LogP contribution is -2.42. The highest BCUT2D eigenvalue weighted by Crippen LogP contribution is 2.26. The van der Waals surface area contributed by atoms with Crippen LogP contribution >= 0.6 is 0 Å². The average molecular weight is 336 g/mol. The van der Waals surface area contributed by atoms with Gasteiger partial charge in [-0.05, 0) is 38.5 Å². The molecule has 2 aliphatic rings. The third-order valence-corrected chi connectivity index (χ3v) is 5.38. The predicted octanol–water partition coefficient (Wildman–Crippen LogP) is 2.05. The van der Waals surface area contributed by atoms with Crippen molar-refractivity contribution >= 4 is 5.95 Å². The Balaban J connectivity index is 1.72. The van der Waals surface area contributed by atoms with Crippen molar-refractivity contribution in [3.8, 4) is 0 Å². The molecule has 1 atom stereocenters. The smallest absolute Gasteiger partial charge is 0.355 e. The van der Waals surface area contributed by atoms with E-state index in [0.717, 1.165) is 0 Å². The van der Waals surface area contributed by atoms with Gasteiger partial charge >= 0.3 is 11.4 Å². The molecule has 1 aromatic heterocycles. The summed E-state index contributed by atoms with van der Waals surface area (Å²) in [6.07, 6.45) is 8.86. The number of anilines is 1. The molecular formula is C17H28N4O3. The number of rotatable bonds is 4. The summed E-state index contributed by atoms with van der Waals surface area (Å²) >= 11 is 0. The second-order valence-corrected chi connectivity index (χ2v) is 7.07. The van der Waals surface area contributed by atoms with Crippen LogP contribution in [0, 0.1) is 5.92 Å². The van der Waals surface area contributed by atoms with Gasteiger partial charge in [0.25, 0.3) is 0 Å². The van der Waals surface area contributed by atoms with E-state index in [4.69, 9.17) is 4.74 Å². The van der Waals surface area contributed by atoms with Crippen molar-refractivity contribution in [3.63, 3.8) is 0 Å². The molecule has 0 spiro atoms. The van der Waals surface area contributed by atoms with Crippen LogP contribution in [0.3, 0.4) is 0 Å². The maximum atomic E-state index is 12.4. The zero-order valence-corrected chi connectivity index (χ0v) is 14.4. The van der Waals surface area contributed by atoms with Crippen LogP contribution < -0.4 is 16.7 Å². The van der Waals surface area contributed by atoms with Crippen molar-refractivity contribution in [1.29, 1.82) is 0 Å². The van der Waals surface area contributed by atoms with Gasteiger partial charge in [-0.25, -0.2) is 14.2 Å². The van der Waals surface area contributed by atoms with E-state index in [2.05, 4.69) is 22.2 Å². The Hall–Kier alpha value is -1.63. The molecule has 0 aromatic carbocycles. The van der Waals surface area contributed by atoms with E-state index in [0.29, 0.717) is 37.9 Å². The van der Waals surface area contributed by atoms with Crippen LogP contribution in [0.5, 0.6) is 0 Å². The van der Waals surface area contributed by atoms with Crippen LogP contribution in [0.4, 0.5) is 5.95 Å².